The van der Waals surface area contributed by atoms with Crippen molar-refractivity contribution in [1.82, 2.24) is 15.2 Å². The first-order valence-electron chi connectivity index (χ1n) is 12.0. The van der Waals surface area contributed by atoms with Crippen LogP contribution in [-0.4, -0.2) is 68.3 Å². The highest BCUT2D eigenvalue weighted by Crippen LogP contribution is 2.29. The molecule has 0 aliphatic carbocycles. The summed E-state index contributed by atoms with van der Waals surface area (Å²) in [5.41, 5.74) is 2.48. The SMILES string of the molecule is CCOc1cc(CN2CCC(Nc3nc4c(C(=O)NCC(=O)OC)cccc4o3)CC2)ccc1OC. The molecule has 4 rings (SSSR count). The Morgan fingerprint density at radius 3 is 2.67 bits per heavy atom. The Bertz CT molecular complexity index is 1200. The van der Waals surface area contributed by atoms with Crippen LogP contribution in [0.1, 0.15) is 35.7 Å². The van der Waals surface area contributed by atoms with Gasteiger partial charge in [0.05, 0.1) is 26.4 Å². The molecule has 2 N–H and O–H groups in total. The van der Waals surface area contributed by atoms with Crippen molar-refractivity contribution >= 4 is 29.0 Å². The number of carbonyl (C=O) groups is 2. The summed E-state index contributed by atoms with van der Waals surface area (Å²) in [6.45, 7) is 5.03. The molecule has 1 fully saturated rings. The van der Waals surface area contributed by atoms with Crippen molar-refractivity contribution in [3.05, 3.63) is 47.5 Å². The number of carbonyl (C=O) groups excluding carboxylic acids is 2. The van der Waals surface area contributed by atoms with E-state index in [1.807, 2.05) is 19.1 Å². The Balaban J connectivity index is 1.34. The number of likely N-dealkylation sites (tertiary alicyclic amines) is 1. The Morgan fingerprint density at radius 1 is 1.14 bits per heavy atom. The van der Waals surface area contributed by atoms with Crippen LogP contribution in [0.25, 0.3) is 11.1 Å². The van der Waals surface area contributed by atoms with Gasteiger partial charge in [0.15, 0.2) is 17.1 Å². The molecule has 0 unspecified atom stereocenters. The number of rotatable bonds is 10. The van der Waals surface area contributed by atoms with Crippen LogP contribution in [0.2, 0.25) is 0 Å². The van der Waals surface area contributed by atoms with Gasteiger partial charge in [0.25, 0.3) is 11.9 Å². The second kappa shape index (κ2) is 11.8. The molecule has 3 aromatic rings. The zero-order valence-corrected chi connectivity index (χ0v) is 20.8. The number of nitrogens with one attached hydrogen (secondary N) is 2. The summed E-state index contributed by atoms with van der Waals surface area (Å²) < 4.78 is 21.5. The molecule has 10 nitrogen and oxygen atoms in total. The van der Waals surface area contributed by atoms with E-state index in [0.717, 1.165) is 44.0 Å². The van der Waals surface area contributed by atoms with Crippen LogP contribution in [0.3, 0.4) is 0 Å². The fourth-order valence-corrected chi connectivity index (χ4v) is 4.27. The van der Waals surface area contributed by atoms with E-state index in [2.05, 4.69) is 31.3 Å². The topological polar surface area (TPSA) is 115 Å². The first kappa shape index (κ1) is 25.3. The van der Waals surface area contributed by atoms with Gasteiger partial charge in [-0.2, -0.15) is 4.98 Å². The third-order valence-electron chi connectivity index (χ3n) is 6.13. The van der Waals surface area contributed by atoms with Crippen LogP contribution in [0.4, 0.5) is 6.01 Å². The molecular weight excluding hydrogens is 464 g/mol. The third kappa shape index (κ3) is 6.06. The molecule has 0 spiro atoms. The number of ether oxygens (including phenoxy) is 3. The summed E-state index contributed by atoms with van der Waals surface area (Å²) in [4.78, 5) is 30.8. The number of hydrogen-bond donors (Lipinski definition) is 2. The molecule has 36 heavy (non-hydrogen) atoms. The average molecular weight is 497 g/mol. The van der Waals surface area contributed by atoms with Crippen molar-refractivity contribution in [3.8, 4) is 11.5 Å². The van der Waals surface area contributed by atoms with Gasteiger partial charge in [0.2, 0.25) is 0 Å². The van der Waals surface area contributed by atoms with Crippen LogP contribution in [0, 0.1) is 0 Å². The second-order valence-corrected chi connectivity index (χ2v) is 8.54. The Kier molecular flexibility index (Phi) is 8.27. The fraction of sp³-hybridized carbons (Fsp3) is 0.423. The van der Waals surface area contributed by atoms with E-state index in [9.17, 15) is 9.59 Å². The van der Waals surface area contributed by atoms with E-state index in [0.29, 0.717) is 29.3 Å². The molecule has 2 heterocycles. The minimum absolute atomic E-state index is 0.209. The lowest BCUT2D eigenvalue weighted by Crippen LogP contribution is -2.38. The molecule has 0 atom stereocenters. The molecule has 192 valence electrons. The lowest BCUT2D eigenvalue weighted by Gasteiger charge is -2.32. The maximum absolute atomic E-state index is 12.5. The highest BCUT2D eigenvalue weighted by molar-refractivity contribution is 6.05. The second-order valence-electron chi connectivity index (χ2n) is 8.54. The molecule has 1 aromatic heterocycles. The van der Waals surface area contributed by atoms with Crippen LogP contribution in [0.15, 0.2) is 40.8 Å². The molecule has 1 amide bonds. The maximum Gasteiger partial charge on any atom is 0.325 e. The van der Waals surface area contributed by atoms with Gasteiger partial charge in [-0.3, -0.25) is 14.5 Å². The minimum Gasteiger partial charge on any atom is -0.493 e. The van der Waals surface area contributed by atoms with Gasteiger partial charge in [0.1, 0.15) is 12.1 Å². The summed E-state index contributed by atoms with van der Waals surface area (Å²) in [5.74, 6) is 0.575. The number of nitrogens with zero attached hydrogens (tertiary/aromatic N) is 2. The van der Waals surface area contributed by atoms with Crippen LogP contribution in [-0.2, 0) is 16.1 Å². The van der Waals surface area contributed by atoms with Gasteiger partial charge in [-0.25, -0.2) is 0 Å². The van der Waals surface area contributed by atoms with Crippen LogP contribution >= 0.6 is 0 Å². The largest absolute Gasteiger partial charge is 0.493 e. The summed E-state index contributed by atoms with van der Waals surface area (Å²) in [7, 11) is 2.92. The molecule has 1 saturated heterocycles. The molecular formula is C26H32N4O6. The summed E-state index contributed by atoms with van der Waals surface area (Å²) in [6, 6.07) is 11.8. The van der Waals surface area contributed by atoms with Gasteiger partial charge < -0.3 is 29.3 Å². The number of benzene rings is 2. The summed E-state index contributed by atoms with van der Waals surface area (Å²) >= 11 is 0. The maximum atomic E-state index is 12.5. The van der Waals surface area contributed by atoms with E-state index in [1.165, 1.54) is 12.7 Å². The number of anilines is 1. The predicted octanol–water partition coefficient (Wildman–Crippen LogP) is 3.21. The Hall–Kier alpha value is -3.79. The molecule has 0 bridgehead atoms. The van der Waals surface area contributed by atoms with Gasteiger partial charge >= 0.3 is 5.97 Å². The number of aromatic nitrogens is 1. The van der Waals surface area contributed by atoms with Crippen molar-refractivity contribution in [3.63, 3.8) is 0 Å². The molecule has 2 aromatic carbocycles. The van der Waals surface area contributed by atoms with E-state index < -0.39 is 11.9 Å². The van der Waals surface area contributed by atoms with E-state index >= 15 is 0 Å². The van der Waals surface area contributed by atoms with Gasteiger partial charge in [-0.1, -0.05) is 12.1 Å². The van der Waals surface area contributed by atoms with Crippen LogP contribution < -0.4 is 20.1 Å². The zero-order chi connectivity index (χ0) is 25.5. The molecule has 0 saturated carbocycles. The fourth-order valence-electron chi connectivity index (χ4n) is 4.27. The summed E-state index contributed by atoms with van der Waals surface area (Å²) in [5, 5.41) is 5.91. The Morgan fingerprint density at radius 2 is 1.94 bits per heavy atom. The van der Waals surface area contributed by atoms with Crippen molar-refractivity contribution in [2.75, 3.05) is 45.8 Å². The zero-order valence-electron chi connectivity index (χ0n) is 20.8. The van der Waals surface area contributed by atoms with Crippen molar-refractivity contribution in [1.29, 1.82) is 0 Å². The highest BCUT2D eigenvalue weighted by atomic mass is 16.5. The van der Waals surface area contributed by atoms with E-state index in [4.69, 9.17) is 13.9 Å². The normalized spacial score (nSPS) is 14.4. The number of hydrogen-bond acceptors (Lipinski definition) is 9. The number of oxazole rings is 1. The van der Waals surface area contributed by atoms with E-state index in [1.54, 1.807) is 25.3 Å². The predicted molar refractivity (Wildman–Crippen MR) is 134 cm³/mol. The average Bonchev–Trinajstić information content (AvgIpc) is 3.31. The van der Waals surface area contributed by atoms with Crippen molar-refractivity contribution in [2.45, 2.75) is 32.4 Å². The highest BCUT2D eigenvalue weighted by Gasteiger charge is 2.22. The standard InChI is InChI=1S/C26H32N4O6/c1-4-35-22-14-17(8-9-20(22)33-2)16-30-12-10-18(11-13-30)28-26-29-24-19(6-5-7-21(24)36-26)25(32)27-15-23(31)34-3/h5-9,14,18H,4,10-13,15-16H2,1-3H3,(H,27,32)(H,28,29). The smallest absolute Gasteiger partial charge is 0.325 e. The van der Waals surface area contributed by atoms with Gasteiger partial charge in [0, 0.05) is 25.7 Å². The minimum atomic E-state index is -0.522. The number of fused-ring (bicyclic) bond motifs is 1. The number of para-hydroxylation sites is 1. The molecule has 0 radical (unpaired) electrons. The van der Waals surface area contributed by atoms with Crippen molar-refractivity contribution in [2.24, 2.45) is 0 Å². The number of methoxy groups -OCH3 is 2. The third-order valence-corrected chi connectivity index (χ3v) is 6.13. The number of piperidine rings is 1. The van der Waals surface area contributed by atoms with E-state index in [-0.39, 0.29) is 12.6 Å². The monoisotopic (exact) mass is 496 g/mol. The number of amides is 1. The van der Waals surface area contributed by atoms with Gasteiger partial charge in [-0.05, 0) is 49.6 Å². The lowest BCUT2D eigenvalue weighted by molar-refractivity contribution is -0.139. The summed E-state index contributed by atoms with van der Waals surface area (Å²) in [6.07, 6.45) is 1.86. The number of esters is 1. The molecule has 10 heteroatoms. The first-order valence-corrected chi connectivity index (χ1v) is 12.0. The van der Waals surface area contributed by atoms with Crippen LogP contribution in [0.5, 0.6) is 11.5 Å². The quantitative estimate of drug-likeness (QED) is 0.408. The van der Waals surface area contributed by atoms with Gasteiger partial charge in [-0.15, -0.1) is 0 Å². The molecule has 1 aliphatic rings. The molecule has 1 aliphatic heterocycles. The van der Waals surface area contributed by atoms with Crippen molar-refractivity contribution < 1.29 is 28.2 Å². The lowest BCUT2D eigenvalue weighted by atomic mass is 10.0. The first-order chi connectivity index (χ1) is 17.5. The Labute approximate surface area is 209 Å².